The van der Waals surface area contributed by atoms with E-state index in [1.165, 1.54) is 5.56 Å². The van der Waals surface area contributed by atoms with E-state index in [4.69, 9.17) is 4.74 Å². The highest BCUT2D eigenvalue weighted by atomic mass is 127. The molecule has 0 spiro atoms. The predicted octanol–water partition coefficient (Wildman–Crippen LogP) is 2.56. The van der Waals surface area contributed by atoms with E-state index in [1.54, 1.807) is 0 Å². The molecule has 1 aromatic carbocycles. The maximum Gasteiger partial charge on any atom is 0.0930 e. The first-order valence-corrected chi connectivity index (χ1v) is 6.43. The first-order chi connectivity index (χ1) is 5.43. The zero-order chi connectivity index (χ0) is 7.94. The van der Waals surface area contributed by atoms with Crippen LogP contribution in [0.25, 0.3) is 0 Å². The summed E-state index contributed by atoms with van der Waals surface area (Å²) < 4.78 is 10.0. The Kier molecular flexibility index (Phi) is 4.38. The van der Waals surface area contributed by atoms with Gasteiger partial charge in [-0.2, -0.15) is 0 Å². The molecule has 0 aliphatic carbocycles. The van der Waals surface area contributed by atoms with Crippen molar-refractivity contribution in [3.8, 4) is 0 Å². The Morgan fingerprint density at radius 1 is 1.27 bits per heavy atom. The molecule has 0 amide bonds. The van der Waals surface area contributed by atoms with Gasteiger partial charge < -0.3 is 4.74 Å². The van der Waals surface area contributed by atoms with E-state index < -0.39 is 0 Å². The van der Waals surface area contributed by atoms with Gasteiger partial charge in [0, 0.05) is 0 Å². The van der Waals surface area contributed by atoms with Crippen molar-refractivity contribution >= 4 is 25.2 Å². The second-order valence-electron chi connectivity index (χ2n) is 2.13. The predicted molar refractivity (Wildman–Crippen MR) is 57.2 cm³/mol. The van der Waals surface area contributed by atoms with Crippen LogP contribution in [-0.4, -0.2) is 9.13 Å². The summed E-state index contributed by atoms with van der Waals surface area (Å²) in [6.07, 6.45) is 0. The molecule has 0 heterocycles. The number of hydrogen-bond donors (Lipinski definition) is 0. The minimum atomic E-state index is 0.0368. The highest BCUT2D eigenvalue weighted by molar-refractivity contribution is 14.2. The molecule has 0 aromatic heterocycles. The molecule has 0 atom stereocenters. The van der Waals surface area contributed by atoms with E-state index in [9.17, 15) is 0 Å². The van der Waals surface area contributed by atoms with E-state index in [0.717, 1.165) is 11.2 Å². The van der Waals surface area contributed by atoms with Crippen molar-refractivity contribution in [1.29, 1.82) is 0 Å². The zero-order valence-electron chi connectivity index (χ0n) is 6.29. The van der Waals surface area contributed by atoms with Crippen molar-refractivity contribution in [2.24, 2.45) is 0 Å². The lowest BCUT2D eigenvalue weighted by atomic mass is 10.2. The summed E-state index contributed by atoms with van der Waals surface area (Å²) in [6, 6.07) is 10.2. The van der Waals surface area contributed by atoms with Gasteiger partial charge in [0.1, 0.15) is 0 Å². The standard InChI is InChI=1S/C9H11IO/c1-10-8-11-7-9-5-3-2-4-6-9/h2-6H,1,7-8H2. The summed E-state index contributed by atoms with van der Waals surface area (Å²) in [5.74, 6) is 0. The Labute approximate surface area is 77.1 Å². The van der Waals surface area contributed by atoms with Crippen molar-refractivity contribution in [3.05, 3.63) is 35.9 Å². The molecule has 0 radical (unpaired) electrons. The van der Waals surface area contributed by atoms with E-state index in [-0.39, 0.29) is 20.7 Å². The van der Waals surface area contributed by atoms with Gasteiger partial charge in [0.05, 0.1) is 11.2 Å². The lowest BCUT2D eigenvalue weighted by Crippen LogP contribution is -1.88. The third-order valence-electron chi connectivity index (χ3n) is 1.27. The van der Waals surface area contributed by atoms with Gasteiger partial charge in [-0.05, 0) is 5.56 Å². The summed E-state index contributed by atoms with van der Waals surface area (Å²) in [4.78, 5) is 0. The largest absolute Gasteiger partial charge is 0.367 e. The molecule has 0 N–H and O–H groups in total. The van der Waals surface area contributed by atoms with E-state index in [2.05, 4.69) is 16.6 Å². The van der Waals surface area contributed by atoms with Crippen LogP contribution in [0.1, 0.15) is 5.56 Å². The molecule has 0 saturated heterocycles. The molecule has 1 nitrogen and oxygen atoms in total. The van der Waals surface area contributed by atoms with Crippen LogP contribution < -0.4 is 0 Å². The van der Waals surface area contributed by atoms with Crippen molar-refractivity contribution in [2.75, 3.05) is 4.61 Å². The number of halogens is 1. The van der Waals surface area contributed by atoms with Gasteiger partial charge in [-0.3, -0.25) is 0 Å². The number of rotatable bonds is 4. The van der Waals surface area contributed by atoms with Crippen molar-refractivity contribution in [3.63, 3.8) is 0 Å². The summed E-state index contributed by atoms with van der Waals surface area (Å²) in [5.41, 5.74) is 1.24. The molecular weight excluding hydrogens is 251 g/mol. The molecule has 0 aliphatic rings. The smallest absolute Gasteiger partial charge is 0.0930 e. The van der Waals surface area contributed by atoms with Gasteiger partial charge in [-0.1, -0.05) is 34.8 Å². The van der Waals surface area contributed by atoms with Crippen LogP contribution in [0, 0.1) is 0 Å². The van der Waals surface area contributed by atoms with Gasteiger partial charge in [0.15, 0.2) is 0 Å². The van der Waals surface area contributed by atoms with Crippen LogP contribution in [0.3, 0.4) is 0 Å². The van der Waals surface area contributed by atoms with Crippen molar-refractivity contribution < 1.29 is 4.74 Å². The van der Waals surface area contributed by atoms with E-state index in [1.807, 2.05) is 18.2 Å². The minimum Gasteiger partial charge on any atom is -0.367 e. The quantitative estimate of drug-likeness (QED) is 0.460. The molecule has 0 unspecified atom stereocenters. The molecule has 2 heteroatoms. The number of ether oxygens (including phenoxy) is 1. The molecule has 0 saturated carbocycles. The number of benzene rings is 1. The summed E-state index contributed by atoms with van der Waals surface area (Å²) in [5, 5.41) is 0. The summed E-state index contributed by atoms with van der Waals surface area (Å²) in [7, 11) is 0. The van der Waals surface area contributed by atoms with Gasteiger partial charge in [-0.25, -0.2) is 0 Å². The lowest BCUT2D eigenvalue weighted by molar-refractivity contribution is 0.177. The third-order valence-corrected chi connectivity index (χ3v) is 2.15. The van der Waals surface area contributed by atoms with Crippen LogP contribution in [-0.2, 0) is 11.3 Å². The lowest BCUT2D eigenvalue weighted by Gasteiger charge is -1.99. The van der Waals surface area contributed by atoms with Gasteiger partial charge >= 0.3 is 0 Å². The normalized spacial score (nSPS) is 9.82. The van der Waals surface area contributed by atoms with Crippen LogP contribution in [0.5, 0.6) is 0 Å². The second-order valence-corrected chi connectivity index (χ2v) is 3.83. The molecule has 0 bridgehead atoms. The SMILES string of the molecule is C=ICOCc1ccccc1. The molecule has 0 fully saturated rings. The first kappa shape index (κ1) is 8.87. The summed E-state index contributed by atoms with van der Waals surface area (Å²) >= 11 is 0.0368. The van der Waals surface area contributed by atoms with Gasteiger partial charge in [0.25, 0.3) is 0 Å². The Morgan fingerprint density at radius 3 is 2.64 bits per heavy atom. The average Bonchev–Trinajstić information content (AvgIpc) is 2.07. The Morgan fingerprint density at radius 2 is 2.00 bits per heavy atom. The number of alkyl halides is 1. The van der Waals surface area contributed by atoms with Crippen molar-refractivity contribution in [1.82, 2.24) is 0 Å². The fourth-order valence-electron chi connectivity index (χ4n) is 0.785. The second kappa shape index (κ2) is 5.43. The Hall–Kier alpha value is -0.220. The molecular formula is C9H11IO. The average molecular weight is 262 g/mol. The molecule has 0 aliphatic heterocycles. The molecule has 60 valence electrons. The van der Waals surface area contributed by atoms with Gasteiger partial charge in [0.2, 0.25) is 0 Å². The topological polar surface area (TPSA) is 9.23 Å². The minimum absolute atomic E-state index is 0.0368. The highest BCUT2D eigenvalue weighted by Crippen LogP contribution is 2.02. The Bertz CT molecular complexity index is 208. The van der Waals surface area contributed by atoms with Crippen molar-refractivity contribution in [2.45, 2.75) is 6.61 Å². The van der Waals surface area contributed by atoms with Crippen LogP contribution in [0.4, 0.5) is 0 Å². The van der Waals surface area contributed by atoms with Gasteiger partial charge in [-0.15, -0.1) is 20.7 Å². The fourth-order valence-corrected chi connectivity index (χ4v) is 1.32. The molecule has 1 aromatic rings. The zero-order valence-corrected chi connectivity index (χ0v) is 8.45. The van der Waals surface area contributed by atoms with Crippen LogP contribution in [0.15, 0.2) is 30.3 Å². The maximum atomic E-state index is 5.36. The maximum absolute atomic E-state index is 5.36. The van der Waals surface area contributed by atoms with Crippen LogP contribution in [0.2, 0.25) is 0 Å². The summed E-state index contributed by atoms with van der Waals surface area (Å²) in [6.45, 7) is 0.732. The Balaban J connectivity index is 2.33. The first-order valence-electron chi connectivity index (χ1n) is 3.38. The highest BCUT2D eigenvalue weighted by Gasteiger charge is 1.87. The fraction of sp³-hybridized carbons (Fsp3) is 0.222. The molecule has 1 rings (SSSR count). The van der Waals surface area contributed by atoms with E-state index in [0.29, 0.717) is 0 Å². The number of hydrogen-bond acceptors (Lipinski definition) is 1. The monoisotopic (exact) mass is 262 g/mol. The molecule has 11 heavy (non-hydrogen) atoms. The van der Waals surface area contributed by atoms with Crippen LogP contribution >= 0.6 is 20.7 Å². The van der Waals surface area contributed by atoms with E-state index >= 15 is 0 Å². The third kappa shape index (κ3) is 3.62.